The second-order valence-electron chi connectivity index (χ2n) is 6.97. The third kappa shape index (κ3) is 2.78. The Morgan fingerprint density at radius 3 is 2.76 bits per heavy atom. The molecule has 2 heterocycles. The fourth-order valence-electron chi connectivity index (χ4n) is 3.60. The van der Waals surface area contributed by atoms with Gasteiger partial charge < -0.3 is 20.3 Å². The van der Waals surface area contributed by atoms with Gasteiger partial charge in [-0.15, -0.1) is 0 Å². The van der Waals surface area contributed by atoms with E-state index in [1.807, 2.05) is 11.8 Å². The summed E-state index contributed by atoms with van der Waals surface area (Å²) in [6.07, 6.45) is 1.73. The van der Waals surface area contributed by atoms with Crippen LogP contribution < -0.4 is 15.6 Å². The minimum Gasteiger partial charge on any atom is -0.477 e. The van der Waals surface area contributed by atoms with Gasteiger partial charge in [-0.25, -0.2) is 9.18 Å². The summed E-state index contributed by atoms with van der Waals surface area (Å²) in [4.78, 5) is 29.2. The number of H-pyrrole nitrogens is 1. The first-order chi connectivity index (χ1) is 12.0. The molecule has 1 saturated heterocycles. The number of nitrogens with one attached hydrogen (secondary N) is 2. The summed E-state index contributed by atoms with van der Waals surface area (Å²) < 4.78 is 14.7. The van der Waals surface area contributed by atoms with Gasteiger partial charge in [-0.3, -0.25) is 4.79 Å². The summed E-state index contributed by atoms with van der Waals surface area (Å²) in [6.45, 7) is 4.16. The molecule has 0 spiro atoms. The van der Waals surface area contributed by atoms with E-state index in [0.717, 1.165) is 19.4 Å². The molecule has 3 N–H and O–H groups in total. The van der Waals surface area contributed by atoms with E-state index >= 15 is 0 Å². The van der Waals surface area contributed by atoms with Gasteiger partial charge in [0, 0.05) is 42.7 Å². The maximum atomic E-state index is 14.7. The molecule has 1 atom stereocenters. The molecule has 0 bridgehead atoms. The van der Waals surface area contributed by atoms with Crippen LogP contribution in [0.4, 0.5) is 10.1 Å². The van der Waals surface area contributed by atoms with Gasteiger partial charge in [0.05, 0.1) is 11.2 Å². The van der Waals surface area contributed by atoms with Crippen molar-refractivity contribution >= 4 is 22.6 Å². The van der Waals surface area contributed by atoms with Crippen molar-refractivity contribution in [2.24, 2.45) is 0 Å². The van der Waals surface area contributed by atoms with Crippen LogP contribution in [-0.2, 0) is 0 Å². The molecule has 1 aliphatic carbocycles. The normalized spacial score (nSPS) is 20.9. The minimum atomic E-state index is -1.26. The summed E-state index contributed by atoms with van der Waals surface area (Å²) in [5.41, 5.74) is 0.553. The molecule has 1 aliphatic heterocycles. The van der Waals surface area contributed by atoms with Crippen LogP contribution in [0.15, 0.2) is 16.9 Å². The first-order valence-electron chi connectivity index (χ1n) is 8.56. The van der Waals surface area contributed by atoms with Crippen molar-refractivity contribution in [2.45, 2.75) is 31.7 Å². The van der Waals surface area contributed by atoms with Gasteiger partial charge >= 0.3 is 5.97 Å². The van der Waals surface area contributed by atoms with Crippen molar-refractivity contribution < 1.29 is 14.3 Å². The molecule has 0 radical (unpaired) electrons. The zero-order valence-electron chi connectivity index (χ0n) is 13.9. The fraction of sp³-hybridized carbons (Fsp3) is 0.444. The predicted molar refractivity (Wildman–Crippen MR) is 93.1 cm³/mol. The lowest BCUT2D eigenvalue weighted by Crippen LogP contribution is -2.49. The third-order valence-electron chi connectivity index (χ3n) is 5.01. The standard InChI is InChI=1S/C18H20FN3O3/c1-9-8-22(5-4-20-9)14-7-13-11(6-12(14)19)17(23)15(18(24)25)16(21-13)10-2-3-10/h6-7,9-10,20H,2-5,8H2,1H3,(H,21,23)(H,24,25). The molecule has 1 aromatic carbocycles. The van der Waals surface area contributed by atoms with Gasteiger partial charge in [-0.1, -0.05) is 0 Å². The molecule has 0 amide bonds. The molecule has 7 heteroatoms. The summed E-state index contributed by atoms with van der Waals surface area (Å²) in [5, 5.41) is 12.8. The van der Waals surface area contributed by atoms with Crippen molar-refractivity contribution in [1.29, 1.82) is 0 Å². The highest BCUT2D eigenvalue weighted by Crippen LogP contribution is 2.40. The van der Waals surface area contributed by atoms with Crippen molar-refractivity contribution in [3.8, 4) is 0 Å². The average molecular weight is 345 g/mol. The molecule has 6 nitrogen and oxygen atoms in total. The number of aromatic carboxylic acids is 1. The van der Waals surface area contributed by atoms with E-state index in [4.69, 9.17) is 0 Å². The fourth-order valence-corrected chi connectivity index (χ4v) is 3.60. The summed E-state index contributed by atoms with van der Waals surface area (Å²) in [6, 6.07) is 3.06. The SMILES string of the molecule is CC1CN(c2cc3[nH]c(C4CC4)c(C(=O)O)c(=O)c3cc2F)CCN1. The van der Waals surface area contributed by atoms with Crippen LogP contribution in [0.3, 0.4) is 0 Å². The Morgan fingerprint density at radius 1 is 1.36 bits per heavy atom. The number of carboxylic acid groups (broad SMARTS) is 1. The first kappa shape index (κ1) is 16.1. The Morgan fingerprint density at radius 2 is 2.12 bits per heavy atom. The van der Waals surface area contributed by atoms with Gasteiger partial charge in [0.2, 0.25) is 5.43 Å². The molecular weight excluding hydrogens is 325 g/mol. The third-order valence-corrected chi connectivity index (χ3v) is 5.01. The van der Waals surface area contributed by atoms with Gasteiger partial charge in [0.1, 0.15) is 11.4 Å². The number of fused-ring (bicyclic) bond motifs is 1. The van der Waals surface area contributed by atoms with Gasteiger partial charge in [0.15, 0.2) is 0 Å². The Bertz CT molecular complexity index is 920. The Kier molecular flexibility index (Phi) is 3.76. The molecule has 1 aromatic heterocycles. The van der Waals surface area contributed by atoms with Crippen LogP contribution in [0.25, 0.3) is 10.9 Å². The van der Waals surface area contributed by atoms with Crippen molar-refractivity contribution in [3.05, 3.63) is 39.4 Å². The van der Waals surface area contributed by atoms with E-state index in [0.29, 0.717) is 30.0 Å². The van der Waals surface area contributed by atoms with Crippen LogP contribution in [0.2, 0.25) is 0 Å². The molecule has 1 saturated carbocycles. The zero-order chi connectivity index (χ0) is 17.7. The van der Waals surface area contributed by atoms with E-state index in [1.165, 1.54) is 6.07 Å². The number of aromatic amines is 1. The van der Waals surface area contributed by atoms with Gasteiger partial charge in [-0.05, 0) is 31.9 Å². The number of carbonyl (C=O) groups is 1. The predicted octanol–water partition coefficient (Wildman–Crippen LogP) is 2.04. The lowest BCUT2D eigenvalue weighted by Gasteiger charge is -2.34. The Balaban J connectivity index is 1.89. The molecular formula is C18H20FN3O3. The summed E-state index contributed by atoms with van der Waals surface area (Å²) >= 11 is 0. The maximum absolute atomic E-state index is 14.7. The van der Waals surface area contributed by atoms with Crippen molar-refractivity contribution in [3.63, 3.8) is 0 Å². The number of rotatable bonds is 3. The topological polar surface area (TPSA) is 85.4 Å². The lowest BCUT2D eigenvalue weighted by atomic mass is 10.0. The van der Waals surface area contributed by atoms with Crippen molar-refractivity contribution in [1.82, 2.24) is 10.3 Å². The second-order valence-corrected chi connectivity index (χ2v) is 6.97. The second kappa shape index (κ2) is 5.84. The van der Waals surface area contributed by atoms with Crippen LogP contribution >= 0.6 is 0 Å². The van der Waals surface area contributed by atoms with E-state index in [-0.39, 0.29) is 22.9 Å². The molecule has 25 heavy (non-hydrogen) atoms. The number of aromatic nitrogens is 1. The van der Waals surface area contributed by atoms with Crippen LogP contribution in [0.5, 0.6) is 0 Å². The highest BCUT2D eigenvalue weighted by atomic mass is 19.1. The molecule has 1 unspecified atom stereocenters. The van der Waals surface area contributed by atoms with Crippen LogP contribution in [0.1, 0.15) is 41.7 Å². The highest BCUT2D eigenvalue weighted by molar-refractivity contribution is 5.95. The number of pyridine rings is 1. The number of hydrogen-bond donors (Lipinski definition) is 3. The molecule has 2 aromatic rings. The summed E-state index contributed by atoms with van der Waals surface area (Å²) in [5.74, 6) is -1.68. The number of carboxylic acids is 1. The number of halogens is 1. The summed E-state index contributed by atoms with van der Waals surface area (Å²) in [7, 11) is 0. The van der Waals surface area contributed by atoms with Crippen LogP contribution in [-0.4, -0.2) is 41.7 Å². The minimum absolute atomic E-state index is 0.0795. The van der Waals surface area contributed by atoms with Gasteiger partial charge in [0.25, 0.3) is 0 Å². The highest BCUT2D eigenvalue weighted by Gasteiger charge is 2.32. The van der Waals surface area contributed by atoms with Crippen LogP contribution in [0, 0.1) is 5.82 Å². The first-order valence-corrected chi connectivity index (χ1v) is 8.56. The molecule has 2 fully saturated rings. The van der Waals surface area contributed by atoms with E-state index in [9.17, 15) is 19.1 Å². The number of nitrogens with zero attached hydrogens (tertiary/aromatic N) is 1. The monoisotopic (exact) mass is 345 g/mol. The quantitative estimate of drug-likeness (QED) is 0.793. The van der Waals surface area contributed by atoms with Gasteiger partial charge in [-0.2, -0.15) is 0 Å². The Hall–Kier alpha value is -2.41. The van der Waals surface area contributed by atoms with E-state index in [2.05, 4.69) is 10.3 Å². The zero-order valence-corrected chi connectivity index (χ0v) is 13.9. The van der Waals surface area contributed by atoms with E-state index in [1.54, 1.807) is 6.07 Å². The Labute approximate surface area is 143 Å². The molecule has 4 rings (SSSR count). The largest absolute Gasteiger partial charge is 0.477 e. The lowest BCUT2D eigenvalue weighted by molar-refractivity contribution is 0.0694. The van der Waals surface area contributed by atoms with Crippen molar-refractivity contribution in [2.75, 3.05) is 24.5 Å². The maximum Gasteiger partial charge on any atom is 0.341 e. The number of hydrogen-bond acceptors (Lipinski definition) is 4. The molecule has 132 valence electrons. The smallest absolute Gasteiger partial charge is 0.341 e. The number of benzene rings is 1. The molecule has 2 aliphatic rings. The van der Waals surface area contributed by atoms with E-state index < -0.39 is 17.2 Å². The average Bonchev–Trinajstić information content (AvgIpc) is 3.39. The number of piperazine rings is 1. The number of anilines is 1.